The van der Waals surface area contributed by atoms with Crippen LogP contribution in [0.3, 0.4) is 0 Å². The molecule has 150 valence electrons. The SMILES string of the molecule is CCCN(C)C(=O)c1ccc(NC2(c3ccccc3)[C@@H](O)CCN2CC)cc1. The van der Waals surface area contributed by atoms with Gasteiger partial charge in [-0.25, -0.2) is 0 Å². The molecule has 5 nitrogen and oxygen atoms in total. The van der Waals surface area contributed by atoms with E-state index >= 15 is 0 Å². The Balaban J connectivity index is 1.89. The summed E-state index contributed by atoms with van der Waals surface area (Å²) in [6, 6.07) is 17.7. The molecule has 1 aliphatic heterocycles. The van der Waals surface area contributed by atoms with Crippen LogP contribution < -0.4 is 5.32 Å². The second-order valence-corrected chi connectivity index (χ2v) is 7.45. The Morgan fingerprint density at radius 2 is 1.86 bits per heavy atom. The summed E-state index contributed by atoms with van der Waals surface area (Å²) < 4.78 is 0. The quantitative estimate of drug-likeness (QED) is 0.771. The molecule has 0 aliphatic carbocycles. The standard InChI is InChI=1S/C23H31N3O2/c1-4-16-25(3)22(28)18-11-13-20(14-12-18)24-23(19-9-7-6-8-10-19)21(27)15-17-26(23)5-2/h6-14,21,24,27H,4-5,15-17H2,1-3H3/t21-,23?/m0/s1. The fourth-order valence-electron chi connectivity index (χ4n) is 4.16. The number of carbonyl (C=O) groups excluding carboxylic acids is 1. The number of likely N-dealkylation sites (tertiary alicyclic amines) is 1. The van der Waals surface area contributed by atoms with Crippen molar-refractivity contribution in [3.8, 4) is 0 Å². The lowest BCUT2D eigenvalue weighted by Gasteiger charge is -2.42. The van der Waals surface area contributed by atoms with Gasteiger partial charge in [-0.3, -0.25) is 9.69 Å². The van der Waals surface area contributed by atoms with Gasteiger partial charge in [0.25, 0.3) is 5.91 Å². The van der Waals surface area contributed by atoms with Gasteiger partial charge < -0.3 is 15.3 Å². The Hall–Kier alpha value is -2.37. The van der Waals surface area contributed by atoms with Crippen molar-refractivity contribution in [3.63, 3.8) is 0 Å². The summed E-state index contributed by atoms with van der Waals surface area (Å²) in [4.78, 5) is 16.5. The van der Waals surface area contributed by atoms with Crippen molar-refractivity contribution in [2.24, 2.45) is 0 Å². The summed E-state index contributed by atoms with van der Waals surface area (Å²) in [6.07, 6.45) is 1.13. The summed E-state index contributed by atoms with van der Waals surface area (Å²) in [5.74, 6) is 0.0299. The molecular weight excluding hydrogens is 350 g/mol. The monoisotopic (exact) mass is 381 g/mol. The zero-order chi connectivity index (χ0) is 20.1. The number of likely N-dealkylation sites (N-methyl/N-ethyl adjacent to an activating group) is 1. The van der Waals surface area contributed by atoms with E-state index in [0.717, 1.165) is 37.3 Å². The molecule has 1 heterocycles. The number of benzene rings is 2. The predicted octanol–water partition coefficient (Wildman–Crippen LogP) is 3.52. The highest BCUT2D eigenvalue weighted by atomic mass is 16.3. The van der Waals surface area contributed by atoms with E-state index in [1.807, 2.05) is 49.5 Å². The van der Waals surface area contributed by atoms with Crippen molar-refractivity contribution in [2.75, 3.05) is 32.0 Å². The van der Waals surface area contributed by atoms with Crippen LogP contribution in [0.15, 0.2) is 54.6 Å². The second kappa shape index (κ2) is 8.76. The minimum Gasteiger partial charge on any atom is -0.389 e. The predicted molar refractivity (Wildman–Crippen MR) is 113 cm³/mol. The third kappa shape index (κ3) is 3.77. The normalized spacial score (nSPS) is 22.2. The van der Waals surface area contributed by atoms with Crippen LogP contribution >= 0.6 is 0 Å². The van der Waals surface area contributed by atoms with E-state index in [2.05, 4.69) is 36.2 Å². The van der Waals surface area contributed by atoms with Gasteiger partial charge in [0.1, 0.15) is 5.66 Å². The first-order valence-corrected chi connectivity index (χ1v) is 10.1. The third-order valence-electron chi connectivity index (χ3n) is 5.62. The Kier molecular flexibility index (Phi) is 6.37. The fourth-order valence-corrected chi connectivity index (χ4v) is 4.16. The molecule has 0 spiro atoms. The highest BCUT2D eigenvalue weighted by Crippen LogP contribution is 2.39. The molecule has 5 heteroatoms. The third-order valence-corrected chi connectivity index (χ3v) is 5.62. The smallest absolute Gasteiger partial charge is 0.253 e. The van der Waals surface area contributed by atoms with Crippen molar-refractivity contribution >= 4 is 11.6 Å². The van der Waals surface area contributed by atoms with Crippen LogP contribution in [-0.4, -0.2) is 53.6 Å². The van der Waals surface area contributed by atoms with E-state index < -0.39 is 11.8 Å². The molecule has 2 N–H and O–H groups in total. The maximum atomic E-state index is 12.5. The van der Waals surface area contributed by atoms with Gasteiger partial charge in [0, 0.05) is 31.4 Å². The Morgan fingerprint density at radius 3 is 2.46 bits per heavy atom. The van der Waals surface area contributed by atoms with Gasteiger partial charge >= 0.3 is 0 Å². The molecule has 28 heavy (non-hydrogen) atoms. The van der Waals surface area contributed by atoms with Crippen molar-refractivity contribution in [1.82, 2.24) is 9.80 Å². The number of hydrogen-bond donors (Lipinski definition) is 2. The maximum Gasteiger partial charge on any atom is 0.253 e. The number of aliphatic hydroxyl groups is 1. The molecular formula is C23H31N3O2. The summed E-state index contributed by atoms with van der Waals surface area (Å²) in [6.45, 7) is 6.58. The van der Waals surface area contributed by atoms with Crippen LogP contribution in [0.4, 0.5) is 5.69 Å². The van der Waals surface area contributed by atoms with Crippen molar-refractivity contribution < 1.29 is 9.90 Å². The minimum absolute atomic E-state index is 0.0299. The lowest BCUT2D eigenvalue weighted by atomic mass is 9.93. The van der Waals surface area contributed by atoms with E-state index in [-0.39, 0.29) is 5.91 Å². The summed E-state index contributed by atoms with van der Waals surface area (Å²) in [5.41, 5.74) is 1.94. The molecule has 1 saturated heterocycles. The van der Waals surface area contributed by atoms with Gasteiger partial charge in [0.15, 0.2) is 0 Å². The van der Waals surface area contributed by atoms with Crippen LogP contribution in [0.1, 0.15) is 42.6 Å². The lowest BCUT2D eigenvalue weighted by Crippen LogP contribution is -2.53. The molecule has 1 aliphatic rings. The van der Waals surface area contributed by atoms with E-state index in [9.17, 15) is 9.90 Å². The van der Waals surface area contributed by atoms with Gasteiger partial charge in [-0.15, -0.1) is 0 Å². The molecule has 3 rings (SSSR count). The average molecular weight is 382 g/mol. The number of anilines is 1. The van der Waals surface area contributed by atoms with Crippen LogP contribution in [0.25, 0.3) is 0 Å². The molecule has 1 unspecified atom stereocenters. The number of amides is 1. The van der Waals surface area contributed by atoms with Crippen molar-refractivity contribution in [3.05, 3.63) is 65.7 Å². The molecule has 1 amide bonds. The minimum atomic E-state index is -0.666. The van der Waals surface area contributed by atoms with E-state index in [1.165, 1.54) is 0 Å². The van der Waals surface area contributed by atoms with Crippen molar-refractivity contribution in [2.45, 2.75) is 38.5 Å². The molecule has 2 atom stereocenters. The Bertz CT molecular complexity index is 778. The van der Waals surface area contributed by atoms with Gasteiger partial charge in [0.2, 0.25) is 0 Å². The first-order valence-electron chi connectivity index (χ1n) is 10.1. The summed E-state index contributed by atoms with van der Waals surface area (Å²) >= 11 is 0. The number of rotatable bonds is 7. The fraction of sp³-hybridized carbons (Fsp3) is 0.435. The molecule has 2 aromatic carbocycles. The highest BCUT2D eigenvalue weighted by molar-refractivity contribution is 5.94. The number of nitrogens with zero attached hydrogens (tertiary/aromatic N) is 2. The molecule has 0 aromatic heterocycles. The van der Waals surface area contributed by atoms with Gasteiger partial charge in [0.05, 0.1) is 6.10 Å². The van der Waals surface area contributed by atoms with Crippen molar-refractivity contribution in [1.29, 1.82) is 0 Å². The van der Waals surface area contributed by atoms with Gasteiger partial charge in [-0.2, -0.15) is 0 Å². The van der Waals surface area contributed by atoms with E-state index in [0.29, 0.717) is 12.0 Å². The average Bonchev–Trinajstić information content (AvgIpc) is 3.05. The Labute approximate surface area is 168 Å². The number of hydrogen-bond acceptors (Lipinski definition) is 4. The van der Waals surface area contributed by atoms with Gasteiger partial charge in [-0.05, 0) is 49.2 Å². The first kappa shape index (κ1) is 20.4. The molecule has 0 radical (unpaired) electrons. The van der Waals surface area contributed by atoms with Gasteiger partial charge in [-0.1, -0.05) is 44.2 Å². The van der Waals surface area contributed by atoms with E-state index in [4.69, 9.17) is 0 Å². The van der Waals surface area contributed by atoms with Crippen LogP contribution in [0, 0.1) is 0 Å². The summed E-state index contributed by atoms with van der Waals surface area (Å²) in [5, 5.41) is 14.6. The number of nitrogens with one attached hydrogen (secondary N) is 1. The topological polar surface area (TPSA) is 55.8 Å². The number of aliphatic hydroxyl groups excluding tert-OH is 1. The largest absolute Gasteiger partial charge is 0.389 e. The number of carbonyl (C=O) groups is 1. The van der Waals surface area contributed by atoms with Crippen LogP contribution in [0.5, 0.6) is 0 Å². The second-order valence-electron chi connectivity index (χ2n) is 7.45. The Morgan fingerprint density at radius 1 is 1.18 bits per heavy atom. The van der Waals surface area contributed by atoms with E-state index in [1.54, 1.807) is 4.90 Å². The van der Waals surface area contributed by atoms with Crippen LogP contribution in [0.2, 0.25) is 0 Å². The maximum absolute atomic E-state index is 12.5. The zero-order valence-corrected chi connectivity index (χ0v) is 17.1. The zero-order valence-electron chi connectivity index (χ0n) is 17.1. The molecule has 0 bridgehead atoms. The molecule has 2 aromatic rings. The van der Waals surface area contributed by atoms with Crippen LogP contribution in [-0.2, 0) is 5.66 Å². The molecule has 1 fully saturated rings. The molecule has 0 saturated carbocycles. The first-order chi connectivity index (χ1) is 13.5. The lowest BCUT2D eigenvalue weighted by molar-refractivity contribution is 0.0483. The summed E-state index contributed by atoms with van der Waals surface area (Å²) in [7, 11) is 1.83. The highest BCUT2D eigenvalue weighted by Gasteiger charge is 2.49.